The van der Waals surface area contributed by atoms with Gasteiger partial charge in [0.15, 0.2) is 0 Å². The number of aromatic amines is 1. The summed E-state index contributed by atoms with van der Waals surface area (Å²) in [5, 5.41) is 11.4. The maximum atomic E-state index is 11.5. The zero-order valence-corrected chi connectivity index (χ0v) is 18.6. The summed E-state index contributed by atoms with van der Waals surface area (Å²) in [7, 11) is -2.85. The molecule has 7 nitrogen and oxygen atoms in total. The third-order valence-corrected chi connectivity index (χ3v) is 6.56. The van der Waals surface area contributed by atoms with Gasteiger partial charge in [0.2, 0.25) is 0 Å². The molecular weight excluding hydrogens is 440 g/mol. The number of aromatic nitrogens is 2. The third-order valence-electron chi connectivity index (χ3n) is 5.73. The van der Waals surface area contributed by atoms with Gasteiger partial charge in [-0.25, -0.2) is 4.98 Å². The maximum Gasteiger partial charge on any atom is 0.294 e. The van der Waals surface area contributed by atoms with Crippen LogP contribution in [0.4, 0.5) is 0 Å². The standard InChI is InChI=1S/C25H20N2O5S/c1-14-5-3-4-6-18(14)15-7-9-19(22(12-15)32-2)25-26-20-10-8-16-11-17(33(29,30)31)13-21(28)23(16)24(20)27-25/h3-13,28H,1-2H3,(H,26,27)(H,29,30,31). The molecule has 0 atom stereocenters. The van der Waals surface area contributed by atoms with E-state index in [0.717, 1.165) is 28.3 Å². The molecule has 0 amide bonds. The molecule has 8 heteroatoms. The highest BCUT2D eigenvalue weighted by Gasteiger charge is 2.18. The summed E-state index contributed by atoms with van der Waals surface area (Å²) in [6.07, 6.45) is 0. The van der Waals surface area contributed by atoms with E-state index in [4.69, 9.17) is 4.74 Å². The molecule has 5 aromatic rings. The molecular formula is C25H20N2O5S. The average Bonchev–Trinajstić information content (AvgIpc) is 3.22. The van der Waals surface area contributed by atoms with E-state index in [1.54, 1.807) is 19.2 Å². The molecule has 33 heavy (non-hydrogen) atoms. The number of nitrogens with zero attached hydrogens (tertiary/aromatic N) is 1. The van der Waals surface area contributed by atoms with Crippen LogP contribution in [0.3, 0.4) is 0 Å². The molecule has 0 saturated heterocycles. The molecule has 1 aromatic heterocycles. The summed E-state index contributed by atoms with van der Waals surface area (Å²) in [4.78, 5) is 7.56. The second-order valence-electron chi connectivity index (χ2n) is 7.79. The lowest BCUT2D eigenvalue weighted by atomic mass is 9.99. The van der Waals surface area contributed by atoms with Gasteiger partial charge in [0.1, 0.15) is 22.8 Å². The number of hydrogen-bond acceptors (Lipinski definition) is 5. The van der Waals surface area contributed by atoms with Crippen molar-refractivity contribution < 1.29 is 22.8 Å². The van der Waals surface area contributed by atoms with Crippen molar-refractivity contribution in [1.29, 1.82) is 0 Å². The number of hydrogen-bond donors (Lipinski definition) is 3. The monoisotopic (exact) mass is 460 g/mol. The number of phenolic OH excluding ortho intramolecular Hbond substituents is 1. The lowest BCUT2D eigenvalue weighted by Gasteiger charge is -2.11. The number of phenols is 1. The highest BCUT2D eigenvalue weighted by atomic mass is 32.2. The molecule has 4 aromatic carbocycles. The van der Waals surface area contributed by atoms with Crippen molar-refractivity contribution in [2.24, 2.45) is 0 Å². The van der Waals surface area contributed by atoms with Crippen molar-refractivity contribution >= 4 is 31.9 Å². The van der Waals surface area contributed by atoms with E-state index in [1.807, 2.05) is 30.3 Å². The number of imidazole rings is 1. The van der Waals surface area contributed by atoms with Gasteiger partial charge in [-0.15, -0.1) is 0 Å². The Balaban J connectivity index is 1.68. The van der Waals surface area contributed by atoms with Crippen LogP contribution in [0.5, 0.6) is 11.5 Å². The summed E-state index contributed by atoms with van der Waals surface area (Å²) >= 11 is 0. The van der Waals surface area contributed by atoms with Crippen LogP contribution in [-0.4, -0.2) is 35.2 Å². The second-order valence-corrected chi connectivity index (χ2v) is 9.21. The van der Waals surface area contributed by atoms with E-state index in [2.05, 4.69) is 29.0 Å². The minimum Gasteiger partial charge on any atom is -0.507 e. The number of fused-ring (bicyclic) bond motifs is 3. The van der Waals surface area contributed by atoms with Crippen molar-refractivity contribution in [3.05, 3.63) is 72.3 Å². The van der Waals surface area contributed by atoms with Gasteiger partial charge in [-0.3, -0.25) is 4.55 Å². The Hall–Kier alpha value is -3.88. The summed E-state index contributed by atoms with van der Waals surface area (Å²) in [5.41, 5.74) is 5.17. The minimum absolute atomic E-state index is 0.286. The molecule has 5 rings (SSSR count). The number of nitrogens with one attached hydrogen (secondary N) is 1. The van der Waals surface area contributed by atoms with Gasteiger partial charge in [-0.1, -0.05) is 36.4 Å². The quantitative estimate of drug-likeness (QED) is 0.313. The number of rotatable bonds is 4. The van der Waals surface area contributed by atoms with Crippen LogP contribution in [0.1, 0.15) is 5.56 Å². The minimum atomic E-state index is -4.45. The number of H-pyrrole nitrogens is 1. The number of methoxy groups -OCH3 is 1. The van der Waals surface area contributed by atoms with Crippen LogP contribution in [-0.2, 0) is 10.1 Å². The fraction of sp³-hybridized carbons (Fsp3) is 0.0800. The zero-order valence-electron chi connectivity index (χ0n) is 17.8. The van der Waals surface area contributed by atoms with Gasteiger partial charge >= 0.3 is 0 Å². The van der Waals surface area contributed by atoms with Crippen LogP contribution in [0, 0.1) is 6.92 Å². The second kappa shape index (κ2) is 7.61. The highest BCUT2D eigenvalue weighted by molar-refractivity contribution is 7.85. The van der Waals surface area contributed by atoms with Crippen molar-refractivity contribution in [3.8, 4) is 34.0 Å². The van der Waals surface area contributed by atoms with Crippen molar-refractivity contribution in [2.45, 2.75) is 11.8 Å². The van der Waals surface area contributed by atoms with E-state index in [1.165, 1.54) is 6.07 Å². The van der Waals surface area contributed by atoms with E-state index in [-0.39, 0.29) is 10.6 Å². The van der Waals surface area contributed by atoms with Crippen LogP contribution < -0.4 is 4.74 Å². The molecule has 0 radical (unpaired) electrons. The van der Waals surface area contributed by atoms with Gasteiger partial charge in [-0.2, -0.15) is 8.42 Å². The first-order valence-electron chi connectivity index (χ1n) is 10.1. The lowest BCUT2D eigenvalue weighted by molar-refractivity contribution is 0.416. The van der Waals surface area contributed by atoms with Crippen LogP contribution in [0.25, 0.3) is 44.3 Å². The Morgan fingerprint density at radius 3 is 2.48 bits per heavy atom. The summed E-state index contributed by atoms with van der Waals surface area (Å²) in [6.45, 7) is 2.06. The van der Waals surface area contributed by atoms with Crippen LogP contribution in [0.2, 0.25) is 0 Å². The summed E-state index contributed by atoms with van der Waals surface area (Å²) in [5.74, 6) is 0.895. The summed E-state index contributed by atoms with van der Waals surface area (Å²) < 4.78 is 38.0. The van der Waals surface area contributed by atoms with E-state index in [9.17, 15) is 18.1 Å². The molecule has 0 unspecified atom stereocenters. The fourth-order valence-corrected chi connectivity index (χ4v) is 4.65. The molecule has 0 aliphatic carbocycles. The van der Waals surface area contributed by atoms with E-state index >= 15 is 0 Å². The Bertz CT molecular complexity index is 1660. The Kier molecular flexibility index (Phi) is 4.84. The van der Waals surface area contributed by atoms with E-state index in [0.29, 0.717) is 33.4 Å². The SMILES string of the molecule is COc1cc(-c2ccccc2C)ccc1-c1nc2c(ccc3cc(S(=O)(=O)O)cc(O)c32)[nH]1. The van der Waals surface area contributed by atoms with Gasteiger partial charge in [0, 0.05) is 6.07 Å². The Morgan fingerprint density at radius 1 is 0.970 bits per heavy atom. The molecule has 0 aliphatic rings. The predicted molar refractivity (Wildman–Crippen MR) is 127 cm³/mol. The average molecular weight is 461 g/mol. The normalized spacial score (nSPS) is 11.8. The molecule has 0 spiro atoms. The predicted octanol–water partition coefficient (Wildman–Crippen LogP) is 5.32. The number of aryl methyl sites for hydroxylation is 1. The largest absolute Gasteiger partial charge is 0.507 e. The number of benzene rings is 4. The van der Waals surface area contributed by atoms with Gasteiger partial charge in [-0.05, 0) is 53.3 Å². The number of ether oxygens (including phenoxy) is 1. The summed E-state index contributed by atoms with van der Waals surface area (Å²) in [6, 6.07) is 19.7. The van der Waals surface area contributed by atoms with Crippen molar-refractivity contribution in [3.63, 3.8) is 0 Å². The maximum absolute atomic E-state index is 11.5. The molecule has 3 N–H and O–H groups in total. The van der Waals surface area contributed by atoms with Gasteiger partial charge < -0.3 is 14.8 Å². The molecule has 0 saturated carbocycles. The lowest BCUT2D eigenvalue weighted by Crippen LogP contribution is -1.97. The smallest absolute Gasteiger partial charge is 0.294 e. The number of aromatic hydroxyl groups is 1. The molecule has 166 valence electrons. The first kappa shape index (κ1) is 21.0. The van der Waals surface area contributed by atoms with Gasteiger partial charge in [0.25, 0.3) is 10.1 Å². The third kappa shape index (κ3) is 3.59. The van der Waals surface area contributed by atoms with Crippen LogP contribution >= 0.6 is 0 Å². The first-order chi connectivity index (χ1) is 15.8. The Labute approximate surface area is 190 Å². The first-order valence-corrected chi connectivity index (χ1v) is 11.6. The topological polar surface area (TPSA) is 113 Å². The van der Waals surface area contributed by atoms with Crippen molar-refractivity contribution in [2.75, 3.05) is 7.11 Å². The molecule has 0 fully saturated rings. The van der Waals surface area contributed by atoms with Gasteiger partial charge in [0.05, 0.1) is 28.5 Å². The van der Waals surface area contributed by atoms with E-state index < -0.39 is 10.1 Å². The fourth-order valence-electron chi connectivity index (χ4n) is 4.11. The Morgan fingerprint density at radius 2 is 1.76 bits per heavy atom. The molecule has 1 heterocycles. The molecule has 0 bridgehead atoms. The van der Waals surface area contributed by atoms with Crippen molar-refractivity contribution in [1.82, 2.24) is 9.97 Å². The highest BCUT2D eigenvalue weighted by Crippen LogP contribution is 2.38. The van der Waals surface area contributed by atoms with Crippen LogP contribution in [0.15, 0.2) is 71.6 Å². The molecule has 0 aliphatic heterocycles. The zero-order chi connectivity index (χ0) is 23.3.